The van der Waals surface area contributed by atoms with Gasteiger partial charge < -0.3 is 34.9 Å². The number of carboxylic acid groups (broad SMARTS) is 1. The normalized spacial score (nSPS) is 22.6. The number of methoxy groups -OCH3 is 2. The minimum absolute atomic E-state index is 0.00203. The Hall–Kier alpha value is -5.13. The van der Waals surface area contributed by atoms with Gasteiger partial charge >= 0.3 is 12.1 Å². The molecule has 0 spiro atoms. The van der Waals surface area contributed by atoms with Crippen molar-refractivity contribution in [3.63, 3.8) is 0 Å². The number of fused-ring (bicyclic) bond motifs is 1. The average Bonchev–Trinajstić information content (AvgIpc) is 3.62. The van der Waals surface area contributed by atoms with Crippen molar-refractivity contribution in [2.75, 3.05) is 20.8 Å². The zero-order valence-corrected chi connectivity index (χ0v) is 27.1. The molecule has 2 heterocycles. The second-order valence-corrected chi connectivity index (χ2v) is 13.0. The molecular formula is C35H40N4O8. The lowest BCUT2D eigenvalue weighted by Crippen LogP contribution is -2.59. The predicted molar refractivity (Wildman–Crippen MR) is 174 cm³/mol. The summed E-state index contributed by atoms with van der Waals surface area (Å²) in [5.41, 5.74) is -0.105. The van der Waals surface area contributed by atoms with Gasteiger partial charge in [0.25, 0.3) is 0 Å². The number of aliphatic carboxylic acids is 1. The predicted octanol–water partition coefficient (Wildman–Crippen LogP) is 4.17. The summed E-state index contributed by atoms with van der Waals surface area (Å²) in [7, 11) is 2.77. The molecule has 3 aromatic rings. The molecule has 0 radical (unpaired) electrons. The number of benzene rings is 2. The van der Waals surface area contributed by atoms with E-state index in [-0.39, 0.29) is 19.4 Å². The highest BCUT2D eigenvalue weighted by Crippen LogP contribution is 2.45. The highest BCUT2D eigenvalue weighted by atomic mass is 16.5. The van der Waals surface area contributed by atoms with Crippen molar-refractivity contribution in [3.8, 4) is 22.8 Å². The van der Waals surface area contributed by atoms with Crippen LogP contribution in [0.3, 0.4) is 0 Å². The number of nitrogens with zero attached hydrogens (tertiary/aromatic N) is 2. The Morgan fingerprint density at radius 1 is 1.11 bits per heavy atom. The third kappa shape index (κ3) is 6.72. The maximum Gasteiger partial charge on any atom is 0.407 e. The van der Waals surface area contributed by atoms with Crippen LogP contribution in [0.5, 0.6) is 11.5 Å². The maximum atomic E-state index is 14.2. The fourth-order valence-electron chi connectivity index (χ4n) is 6.02. The second kappa shape index (κ2) is 12.9. The monoisotopic (exact) mass is 644 g/mol. The summed E-state index contributed by atoms with van der Waals surface area (Å²) < 4.78 is 16.8. The van der Waals surface area contributed by atoms with E-state index in [9.17, 15) is 24.3 Å². The minimum atomic E-state index is -1.49. The number of ether oxygens (including phenoxy) is 3. The van der Waals surface area contributed by atoms with E-state index in [2.05, 4.69) is 17.2 Å². The highest BCUT2D eigenvalue weighted by Gasteiger charge is 2.61. The third-order valence-corrected chi connectivity index (χ3v) is 8.78. The molecule has 12 nitrogen and oxygen atoms in total. The Labute approximate surface area is 273 Å². The third-order valence-electron chi connectivity index (χ3n) is 8.78. The van der Waals surface area contributed by atoms with E-state index in [0.717, 1.165) is 5.56 Å². The number of amides is 3. The number of alkyl carbamates (subject to hydrolysis) is 1. The zero-order chi connectivity index (χ0) is 34.1. The number of hydrogen-bond acceptors (Lipinski definition) is 8. The first-order chi connectivity index (χ1) is 22.3. The van der Waals surface area contributed by atoms with Crippen molar-refractivity contribution in [2.24, 2.45) is 11.3 Å². The minimum Gasteiger partial charge on any atom is -0.497 e. The molecule has 0 bridgehead atoms. The number of likely N-dealkylation sites (tertiary alicyclic amines) is 1. The van der Waals surface area contributed by atoms with E-state index in [1.54, 1.807) is 40.0 Å². The van der Waals surface area contributed by atoms with E-state index in [1.165, 1.54) is 18.1 Å². The van der Waals surface area contributed by atoms with Crippen LogP contribution >= 0.6 is 0 Å². The summed E-state index contributed by atoms with van der Waals surface area (Å²) in [4.78, 5) is 58.7. The number of hydrogen-bond donors (Lipinski definition) is 3. The number of rotatable bonds is 10. The quantitative estimate of drug-likeness (QED) is 0.276. The van der Waals surface area contributed by atoms with Gasteiger partial charge in [0.05, 0.1) is 32.0 Å². The van der Waals surface area contributed by atoms with Gasteiger partial charge in [-0.3, -0.25) is 9.59 Å². The van der Waals surface area contributed by atoms with Gasteiger partial charge in [-0.25, -0.2) is 14.6 Å². The van der Waals surface area contributed by atoms with Crippen molar-refractivity contribution in [3.05, 3.63) is 67.3 Å². The molecule has 5 atom stereocenters. The van der Waals surface area contributed by atoms with Crippen molar-refractivity contribution < 1.29 is 38.5 Å². The molecule has 1 aromatic heterocycles. The van der Waals surface area contributed by atoms with Crippen LogP contribution in [0.15, 0.2) is 67.3 Å². The van der Waals surface area contributed by atoms with Gasteiger partial charge in [0.15, 0.2) is 0 Å². The first-order valence-corrected chi connectivity index (χ1v) is 15.3. The standard InChI is InChI=1S/C35H40N4O8/c1-7-21-18-35(21,32(42)43)38-30(40)27-16-23(19-39(27)31(41)29(34(2,3)4)37-33(44)46-6)47-28-17-25(20-11-9-8-10-12-20)36-26-15-22(45-5)13-14-24(26)28/h7-15,17,21,23,27,29H,1,16,18-19H2,2-6H3,(H,37,44)(H,38,40)(H,42,43)/t21-,23+,27-,29+,35?/m0/s1. The molecule has 1 aliphatic heterocycles. The Bertz CT molecular complexity index is 1700. The number of aromatic nitrogens is 1. The van der Waals surface area contributed by atoms with Crippen LogP contribution in [0.25, 0.3) is 22.2 Å². The maximum absolute atomic E-state index is 14.2. The molecule has 248 valence electrons. The zero-order valence-electron chi connectivity index (χ0n) is 27.1. The first-order valence-electron chi connectivity index (χ1n) is 15.3. The lowest BCUT2D eigenvalue weighted by atomic mass is 9.85. The van der Waals surface area contributed by atoms with E-state index >= 15 is 0 Å². The summed E-state index contributed by atoms with van der Waals surface area (Å²) in [6, 6.07) is 14.7. The summed E-state index contributed by atoms with van der Waals surface area (Å²) >= 11 is 0. The van der Waals surface area contributed by atoms with Crippen molar-refractivity contribution in [1.29, 1.82) is 0 Å². The van der Waals surface area contributed by atoms with Crippen LogP contribution in [0, 0.1) is 11.3 Å². The van der Waals surface area contributed by atoms with Gasteiger partial charge in [0.1, 0.15) is 35.2 Å². The number of carbonyl (C=O) groups excluding carboxylic acids is 3. The molecule has 1 saturated carbocycles. The molecule has 1 saturated heterocycles. The number of carbonyl (C=O) groups is 4. The summed E-state index contributed by atoms with van der Waals surface area (Å²) in [6.45, 7) is 9.04. The molecule has 5 rings (SSSR count). The molecule has 47 heavy (non-hydrogen) atoms. The molecule has 1 aliphatic carbocycles. The molecule has 2 aromatic carbocycles. The van der Waals surface area contributed by atoms with Gasteiger partial charge in [0.2, 0.25) is 11.8 Å². The smallest absolute Gasteiger partial charge is 0.407 e. The summed E-state index contributed by atoms with van der Waals surface area (Å²) in [6.07, 6.45) is 0.306. The Morgan fingerprint density at radius 3 is 2.43 bits per heavy atom. The van der Waals surface area contributed by atoms with Crippen LogP contribution in [0.2, 0.25) is 0 Å². The SMILES string of the molecule is C=C[C@H]1CC1(NC(=O)[C@@H]1C[C@@H](Oc2cc(-c3ccccc3)nc3cc(OC)ccc23)CN1C(=O)[C@@H](NC(=O)OC)C(C)(C)C)C(=O)O. The van der Waals surface area contributed by atoms with Gasteiger partial charge in [-0.05, 0) is 24.0 Å². The van der Waals surface area contributed by atoms with Gasteiger partial charge in [-0.2, -0.15) is 0 Å². The van der Waals surface area contributed by atoms with Crippen LogP contribution in [-0.4, -0.2) is 83.4 Å². The van der Waals surface area contributed by atoms with E-state index < -0.39 is 58.9 Å². The van der Waals surface area contributed by atoms with Gasteiger partial charge in [-0.15, -0.1) is 6.58 Å². The van der Waals surface area contributed by atoms with E-state index in [1.807, 2.05) is 42.5 Å². The Kier molecular flexibility index (Phi) is 9.15. The molecular weight excluding hydrogens is 604 g/mol. The largest absolute Gasteiger partial charge is 0.497 e. The topological polar surface area (TPSA) is 156 Å². The molecule has 2 fully saturated rings. The lowest BCUT2D eigenvalue weighted by molar-refractivity contribution is -0.146. The van der Waals surface area contributed by atoms with Crippen LogP contribution in [0.4, 0.5) is 4.79 Å². The first kappa shape index (κ1) is 33.2. The molecule has 3 amide bonds. The molecule has 12 heteroatoms. The lowest BCUT2D eigenvalue weighted by Gasteiger charge is -2.35. The van der Waals surface area contributed by atoms with Crippen molar-refractivity contribution >= 4 is 34.8 Å². The van der Waals surface area contributed by atoms with Gasteiger partial charge in [-0.1, -0.05) is 57.2 Å². The van der Waals surface area contributed by atoms with E-state index in [4.69, 9.17) is 19.2 Å². The van der Waals surface area contributed by atoms with Crippen LogP contribution in [0.1, 0.15) is 33.6 Å². The van der Waals surface area contributed by atoms with Crippen molar-refractivity contribution in [1.82, 2.24) is 20.5 Å². The number of carboxylic acids is 1. The van der Waals surface area contributed by atoms with Gasteiger partial charge in [0, 0.05) is 35.4 Å². The summed E-state index contributed by atoms with van der Waals surface area (Å²) in [5.74, 6) is -1.66. The Balaban J connectivity index is 1.51. The fourth-order valence-corrected chi connectivity index (χ4v) is 6.02. The second-order valence-electron chi connectivity index (χ2n) is 13.0. The molecule has 3 N–H and O–H groups in total. The summed E-state index contributed by atoms with van der Waals surface area (Å²) in [5, 5.41) is 16.0. The highest BCUT2D eigenvalue weighted by molar-refractivity contribution is 5.96. The Morgan fingerprint density at radius 2 is 1.83 bits per heavy atom. The molecule has 2 aliphatic rings. The average molecular weight is 645 g/mol. The fraction of sp³-hybridized carbons (Fsp3) is 0.400. The number of nitrogens with one attached hydrogen (secondary N) is 2. The van der Waals surface area contributed by atoms with Crippen LogP contribution in [-0.2, 0) is 19.1 Å². The van der Waals surface area contributed by atoms with E-state index in [0.29, 0.717) is 28.1 Å². The number of pyridine rings is 1. The van der Waals surface area contributed by atoms with Crippen molar-refractivity contribution in [2.45, 2.75) is 57.3 Å². The molecule has 1 unspecified atom stereocenters. The van der Waals surface area contributed by atoms with Crippen LogP contribution < -0.4 is 20.1 Å².